The van der Waals surface area contributed by atoms with E-state index < -0.39 is 16.1 Å². The molecule has 15 aromatic carbocycles. The second-order valence-electron chi connectivity index (χ2n) is 25.4. The molecule has 0 saturated heterocycles. The van der Waals surface area contributed by atoms with E-state index in [0.717, 1.165) is 62.0 Å². The van der Waals surface area contributed by atoms with E-state index in [9.17, 15) is 0 Å². The van der Waals surface area contributed by atoms with Crippen LogP contribution in [-0.4, -0.2) is 27.4 Å². The molecule has 2 aliphatic rings. The topological polar surface area (TPSA) is 11.4 Å². The molecule has 0 N–H and O–H groups in total. The first-order valence-corrected chi connectivity index (χ1v) is 37.4. The zero-order chi connectivity index (χ0) is 63.6. The van der Waals surface area contributed by atoms with Crippen molar-refractivity contribution in [3.8, 4) is 27.9 Å². The predicted octanol–water partition coefficient (Wildman–Crippen LogP) is 15.0. The largest absolute Gasteiger partial charge is 0.311 e. The lowest BCUT2D eigenvalue weighted by molar-refractivity contribution is 1.16. The van der Waals surface area contributed by atoms with Crippen molar-refractivity contribution in [3.63, 3.8) is 0 Å². The molecule has 3 nitrogen and oxygen atoms in total. The van der Waals surface area contributed by atoms with E-state index in [4.69, 9.17) is 0 Å². The number of hydrogen-bond donors (Lipinski definition) is 0. The van der Waals surface area contributed by atoms with E-state index in [2.05, 4.69) is 403 Å². The summed E-state index contributed by atoms with van der Waals surface area (Å²) in [5.41, 5.74) is 18.6. The van der Waals surface area contributed by atoms with Crippen LogP contribution in [0.25, 0.3) is 49.7 Å². The van der Waals surface area contributed by atoms with Gasteiger partial charge in [0, 0.05) is 44.8 Å². The van der Waals surface area contributed by atoms with E-state index in [-0.39, 0.29) is 6.71 Å². The van der Waals surface area contributed by atoms with Crippen molar-refractivity contribution in [2.45, 2.75) is 0 Å². The average molecular weight is 1250 g/mol. The van der Waals surface area contributed by atoms with Gasteiger partial charge in [0.15, 0.2) is 16.1 Å². The molecule has 0 radical (unpaired) electrons. The fourth-order valence-corrected chi connectivity index (χ4v) is 26.1. The highest BCUT2D eigenvalue weighted by molar-refractivity contribution is 7.20. The first kappa shape index (κ1) is 56.9. The number of nitrogens with zero attached hydrogens (tertiary/aromatic N) is 3. The van der Waals surface area contributed by atoms with Crippen molar-refractivity contribution in [3.05, 3.63) is 388 Å². The minimum atomic E-state index is -3.12. The van der Waals surface area contributed by atoms with Crippen molar-refractivity contribution >= 4 is 137 Å². The van der Waals surface area contributed by atoms with Crippen LogP contribution in [0.2, 0.25) is 0 Å². The first-order valence-electron chi connectivity index (χ1n) is 33.4. The summed E-state index contributed by atoms with van der Waals surface area (Å²) in [5.74, 6) is 0. The smallest absolute Gasteiger partial charge is 0.252 e. The Balaban J connectivity index is 1.01. The SMILES string of the molecule is c1ccc(-c2ccccc2N2c3cc([Si](c4ccccc4)(c4ccccc4)c4ccccc4)ccc3B3c4c(-c5ccccc5)cccc4N(c4cccc([Si](c5ccccc5)(c5ccccc5)c5ccccc5)c4)c4cc(-n5c6ccccc6c6ccccc65)cc2c43)cc1. The van der Waals surface area contributed by atoms with E-state index >= 15 is 0 Å². The third-order valence-corrected chi connectivity index (χ3v) is 30.0. The zero-order valence-corrected chi connectivity index (χ0v) is 54.9. The van der Waals surface area contributed by atoms with E-state index in [0.29, 0.717) is 0 Å². The molecule has 0 spiro atoms. The van der Waals surface area contributed by atoms with Gasteiger partial charge in [0.25, 0.3) is 6.71 Å². The van der Waals surface area contributed by atoms with Crippen LogP contribution >= 0.6 is 0 Å². The predicted molar refractivity (Wildman–Crippen MR) is 413 cm³/mol. The summed E-state index contributed by atoms with van der Waals surface area (Å²) in [6.07, 6.45) is 0. The quantitative estimate of drug-likeness (QED) is 0.0842. The highest BCUT2D eigenvalue weighted by Gasteiger charge is 2.49. The number of benzene rings is 15. The number of para-hydroxylation sites is 3. The summed E-state index contributed by atoms with van der Waals surface area (Å²) in [7, 11) is -6.17. The van der Waals surface area contributed by atoms with Gasteiger partial charge in [0.2, 0.25) is 0 Å². The lowest BCUT2D eigenvalue weighted by atomic mass is 9.32. The highest BCUT2D eigenvalue weighted by atomic mass is 28.3. The molecule has 0 fully saturated rings. The summed E-state index contributed by atoms with van der Waals surface area (Å²) in [4.78, 5) is 5.33. The third kappa shape index (κ3) is 8.94. The number of fused-ring (bicyclic) bond motifs is 7. The summed E-state index contributed by atoms with van der Waals surface area (Å²) < 4.78 is 2.53. The maximum absolute atomic E-state index is 3.12. The van der Waals surface area contributed by atoms with Gasteiger partial charge in [-0.1, -0.05) is 334 Å². The molecule has 450 valence electrons. The van der Waals surface area contributed by atoms with Gasteiger partial charge in [-0.05, 0) is 129 Å². The molecule has 0 atom stereocenters. The standard InChI is InChI=1S/C90H64BN3Si2/c1-9-33-65(34-10-1)77-51-25-28-55-82(77)94-86-64-76(96(72-44-19-6-20-45-72,73-46-21-7-22-47-73)74-48-23-8-24-49-74)59-60-81(86)91-89-78(66-35-11-2-12-36-66)54-32-58-85(89)92(87-62-68(63-88(94)90(87)91)93-83-56-29-26-52-79(83)80-53-27-30-57-84(80)93)67-37-31-50-75(61-67)95(69-38-13-3-14-39-69,70-40-15-4-16-41-70)71-42-17-5-18-43-71/h1-64H. The minimum absolute atomic E-state index is 0.232. The monoisotopic (exact) mass is 1250 g/mol. The van der Waals surface area contributed by atoms with Crippen LogP contribution in [0, 0.1) is 0 Å². The Morgan fingerprint density at radius 3 is 1.09 bits per heavy atom. The van der Waals surface area contributed by atoms with E-state index in [1.165, 1.54) is 79.8 Å². The maximum Gasteiger partial charge on any atom is 0.252 e. The molecule has 6 heteroatoms. The van der Waals surface area contributed by atoms with Crippen molar-refractivity contribution in [2.75, 3.05) is 9.80 Å². The van der Waals surface area contributed by atoms with Crippen molar-refractivity contribution in [1.29, 1.82) is 0 Å². The molecule has 2 aliphatic heterocycles. The van der Waals surface area contributed by atoms with Gasteiger partial charge in [0.05, 0.1) is 22.4 Å². The number of rotatable bonds is 13. The van der Waals surface area contributed by atoms with E-state index in [1.54, 1.807) is 0 Å². The minimum Gasteiger partial charge on any atom is -0.311 e. The molecule has 3 heterocycles. The van der Waals surface area contributed by atoms with Crippen LogP contribution in [0.1, 0.15) is 0 Å². The Morgan fingerprint density at radius 2 is 0.594 bits per heavy atom. The molecular formula is C90H64BN3Si2. The molecule has 0 saturated carbocycles. The van der Waals surface area contributed by atoms with Crippen molar-refractivity contribution < 1.29 is 0 Å². The Kier molecular flexibility index (Phi) is 14.0. The van der Waals surface area contributed by atoms with Gasteiger partial charge in [0.1, 0.15) is 0 Å². The molecular weight excluding hydrogens is 1190 g/mol. The van der Waals surface area contributed by atoms with Crippen LogP contribution in [0.5, 0.6) is 0 Å². The molecule has 0 unspecified atom stereocenters. The summed E-state index contributed by atoms with van der Waals surface area (Å²) in [5, 5.41) is 13.0. The van der Waals surface area contributed by atoms with Gasteiger partial charge in [-0.25, -0.2) is 0 Å². The number of anilines is 6. The maximum atomic E-state index is 2.68. The number of hydrogen-bond acceptors (Lipinski definition) is 2. The highest BCUT2D eigenvalue weighted by Crippen LogP contribution is 2.49. The third-order valence-electron chi connectivity index (χ3n) is 20.5. The molecule has 0 aliphatic carbocycles. The van der Waals surface area contributed by atoms with Gasteiger partial charge in [-0.3, -0.25) is 0 Å². The first-order chi connectivity index (χ1) is 47.7. The molecule has 16 aromatic rings. The lowest BCUT2D eigenvalue weighted by Crippen LogP contribution is -2.75. The summed E-state index contributed by atoms with van der Waals surface area (Å²) in [6.45, 7) is -0.232. The molecule has 96 heavy (non-hydrogen) atoms. The fraction of sp³-hybridized carbons (Fsp3) is 0. The number of aromatic nitrogens is 1. The summed E-state index contributed by atoms with van der Waals surface area (Å²) in [6, 6.07) is 147. The second-order valence-corrected chi connectivity index (χ2v) is 33.0. The molecule has 0 amide bonds. The van der Waals surface area contributed by atoms with Gasteiger partial charge >= 0.3 is 0 Å². The van der Waals surface area contributed by atoms with Gasteiger partial charge in [-0.15, -0.1) is 0 Å². The van der Waals surface area contributed by atoms with Crippen LogP contribution in [0.15, 0.2) is 388 Å². The van der Waals surface area contributed by atoms with Crippen LogP contribution in [0.4, 0.5) is 34.1 Å². The average Bonchev–Trinajstić information content (AvgIpc) is 0.733. The van der Waals surface area contributed by atoms with Crippen LogP contribution in [0.3, 0.4) is 0 Å². The van der Waals surface area contributed by atoms with Crippen molar-refractivity contribution in [1.82, 2.24) is 4.57 Å². The van der Waals surface area contributed by atoms with Gasteiger partial charge in [-0.2, -0.15) is 0 Å². The fourth-order valence-electron chi connectivity index (χ4n) is 16.5. The second kappa shape index (κ2) is 23.6. The van der Waals surface area contributed by atoms with Crippen molar-refractivity contribution in [2.24, 2.45) is 0 Å². The van der Waals surface area contributed by atoms with E-state index in [1.807, 2.05) is 0 Å². The van der Waals surface area contributed by atoms with Crippen LogP contribution < -0.4 is 67.7 Å². The molecule has 18 rings (SSSR count). The Hall–Kier alpha value is -11.8. The Bertz CT molecular complexity index is 5290. The van der Waals surface area contributed by atoms with Gasteiger partial charge < -0.3 is 14.4 Å². The Labute approximate surface area is 563 Å². The van der Waals surface area contributed by atoms with Crippen LogP contribution in [-0.2, 0) is 0 Å². The normalized spacial score (nSPS) is 12.5. The lowest BCUT2D eigenvalue weighted by Gasteiger charge is -2.46. The molecule has 0 bridgehead atoms. The molecule has 1 aromatic heterocycles. The Morgan fingerprint density at radius 1 is 0.219 bits per heavy atom. The zero-order valence-electron chi connectivity index (χ0n) is 52.9. The summed E-state index contributed by atoms with van der Waals surface area (Å²) >= 11 is 0.